The van der Waals surface area contributed by atoms with Crippen LogP contribution in [-0.4, -0.2) is 27.2 Å². The molecule has 27 heavy (non-hydrogen) atoms. The second kappa shape index (κ2) is 6.99. The molecule has 3 N–H and O–H groups in total. The molecule has 136 valence electrons. The Morgan fingerprint density at radius 3 is 2.63 bits per heavy atom. The van der Waals surface area contributed by atoms with E-state index in [2.05, 4.69) is 27.2 Å². The number of methoxy groups -OCH3 is 1. The van der Waals surface area contributed by atoms with E-state index in [1.54, 1.807) is 19.2 Å². The minimum Gasteiger partial charge on any atom is -0.508 e. The first kappa shape index (κ1) is 16.9. The summed E-state index contributed by atoms with van der Waals surface area (Å²) in [6.45, 7) is 2.08. The molecule has 0 amide bonds. The second-order valence-electron chi connectivity index (χ2n) is 6.36. The number of ether oxygens (including phenoxy) is 1. The van der Waals surface area contributed by atoms with E-state index in [0.717, 1.165) is 39.4 Å². The average Bonchev–Trinajstić information content (AvgIpc) is 3.13. The summed E-state index contributed by atoms with van der Waals surface area (Å²) in [5.41, 5.74) is 3.64. The Kier molecular flexibility index (Phi) is 4.38. The van der Waals surface area contributed by atoms with E-state index in [1.165, 1.54) is 6.33 Å². The molecule has 1 atom stereocenters. The lowest BCUT2D eigenvalue weighted by Gasteiger charge is -2.15. The zero-order valence-electron chi connectivity index (χ0n) is 15.1. The van der Waals surface area contributed by atoms with Crippen LogP contribution in [0.4, 0.5) is 5.82 Å². The molecule has 0 saturated heterocycles. The first-order chi connectivity index (χ1) is 13.1. The molecule has 6 nitrogen and oxygen atoms in total. The maximum Gasteiger partial charge on any atom is 0.143 e. The number of anilines is 1. The Balaban J connectivity index is 1.65. The van der Waals surface area contributed by atoms with Crippen molar-refractivity contribution in [1.29, 1.82) is 0 Å². The smallest absolute Gasteiger partial charge is 0.143 e. The number of aromatic hydroxyl groups is 1. The Labute approximate surface area is 156 Å². The first-order valence-electron chi connectivity index (χ1n) is 8.67. The summed E-state index contributed by atoms with van der Waals surface area (Å²) in [6.07, 6.45) is 1.54. The number of phenolic OH excluding ortho intramolecular Hbond substituents is 1. The highest BCUT2D eigenvalue weighted by molar-refractivity contribution is 5.91. The van der Waals surface area contributed by atoms with Crippen molar-refractivity contribution in [3.63, 3.8) is 0 Å². The van der Waals surface area contributed by atoms with E-state index in [4.69, 9.17) is 4.74 Å². The maximum absolute atomic E-state index is 9.72. The zero-order chi connectivity index (χ0) is 18.8. The molecule has 0 bridgehead atoms. The molecule has 4 aromatic rings. The molecule has 2 aromatic heterocycles. The van der Waals surface area contributed by atoms with Crippen molar-refractivity contribution < 1.29 is 9.84 Å². The minimum atomic E-state index is 0.0631. The number of hydrogen-bond acceptors (Lipinski definition) is 5. The molecular weight excluding hydrogens is 340 g/mol. The summed E-state index contributed by atoms with van der Waals surface area (Å²) in [5.74, 6) is 1.81. The van der Waals surface area contributed by atoms with Crippen LogP contribution in [0.3, 0.4) is 0 Å². The molecule has 0 spiro atoms. The Hall–Kier alpha value is -3.54. The van der Waals surface area contributed by atoms with Crippen molar-refractivity contribution in [3.8, 4) is 22.8 Å². The van der Waals surface area contributed by atoms with Gasteiger partial charge in [-0.1, -0.05) is 24.3 Å². The molecule has 0 radical (unpaired) electrons. The van der Waals surface area contributed by atoms with Crippen molar-refractivity contribution in [1.82, 2.24) is 15.0 Å². The summed E-state index contributed by atoms with van der Waals surface area (Å²) in [5, 5.41) is 14.1. The summed E-state index contributed by atoms with van der Waals surface area (Å²) < 4.78 is 5.22. The number of rotatable bonds is 5. The third-order valence-electron chi connectivity index (χ3n) is 4.55. The van der Waals surface area contributed by atoms with Crippen LogP contribution in [0.2, 0.25) is 0 Å². The zero-order valence-corrected chi connectivity index (χ0v) is 15.1. The third-order valence-corrected chi connectivity index (χ3v) is 4.55. The standard InChI is InChI=1S/C21H20N4O2/c1-13(14-6-8-17(27-2)9-7-14)24-20-18-11-19(25-21(18)23-12-22-20)15-4-3-5-16(26)10-15/h3-13,26H,1-2H3,(H2,22,23,24,25). The normalized spacial score (nSPS) is 12.1. The van der Waals surface area contributed by atoms with Crippen molar-refractivity contribution in [2.24, 2.45) is 0 Å². The van der Waals surface area contributed by atoms with Crippen LogP contribution in [-0.2, 0) is 0 Å². The number of nitrogens with zero attached hydrogens (tertiary/aromatic N) is 2. The van der Waals surface area contributed by atoms with E-state index in [0.29, 0.717) is 0 Å². The van der Waals surface area contributed by atoms with Gasteiger partial charge in [-0.3, -0.25) is 0 Å². The molecule has 2 heterocycles. The minimum absolute atomic E-state index is 0.0631. The number of aromatic nitrogens is 3. The van der Waals surface area contributed by atoms with Crippen molar-refractivity contribution >= 4 is 16.9 Å². The lowest BCUT2D eigenvalue weighted by molar-refractivity contribution is 0.414. The molecule has 2 aromatic carbocycles. The number of hydrogen-bond donors (Lipinski definition) is 3. The SMILES string of the molecule is COc1ccc(C(C)Nc2ncnc3[nH]c(-c4cccc(O)c4)cc23)cc1. The number of H-pyrrole nitrogens is 1. The highest BCUT2D eigenvalue weighted by atomic mass is 16.5. The van der Waals surface area contributed by atoms with Crippen LogP contribution in [0.1, 0.15) is 18.5 Å². The maximum atomic E-state index is 9.72. The quantitative estimate of drug-likeness (QED) is 0.488. The summed E-state index contributed by atoms with van der Waals surface area (Å²) in [4.78, 5) is 12.0. The number of aromatic amines is 1. The number of fused-ring (bicyclic) bond motifs is 1. The van der Waals surface area contributed by atoms with Gasteiger partial charge >= 0.3 is 0 Å². The molecule has 4 rings (SSSR count). The Bertz CT molecular complexity index is 1070. The molecule has 0 fully saturated rings. The number of benzene rings is 2. The van der Waals surface area contributed by atoms with Crippen molar-refractivity contribution in [2.45, 2.75) is 13.0 Å². The Morgan fingerprint density at radius 1 is 1.07 bits per heavy atom. The lowest BCUT2D eigenvalue weighted by Crippen LogP contribution is -2.08. The molecule has 6 heteroatoms. The average molecular weight is 360 g/mol. The van der Waals surface area contributed by atoms with Gasteiger partial charge in [0.2, 0.25) is 0 Å². The van der Waals surface area contributed by atoms with E-state index in [-0.39, 0.29) is 11.8 Å². The monoisotopic (exact) mass is 360 g/mol. The van der Waals surface area contributed by atoms with Gasteiger partial charge in [0.25, 0.3) is 0 Å². The molecule has 1 unspecified atom stereocenters. The van der Waals surface area contributed by atoms with Crippen LogP contribution in [0.15, 0.2) is 60.9 Å². The predicted octanol–water partition coefficient (Wildman–Crippen LogP) is 4.51. The highest BCUT2D eigenvalue weighted by Crippen LogP contribution is 2.30. The second-order valence-corrected chi connectivity index (χ2v) is 6.36. The van der Waals surface area contributed by atoms with Gasteiger partial charge in [-0.2, -0.15) is 0 Å². The Morgan fingerprint density at radius 2 is 1.89 bits per heavy atom. The van der Waals surface area contributed by atoms with Crippen LogP contribution in [0.5, 0.6) is 11.5 Å². The van der Waals surface area contributed by atoms with Gasteiger partial charge in [-0.25, -0.2) is 9.97 Å². The first-order valence-corrected chi connectivity index (χ1v) is 8.67. The van der Waals surface area contributed by atoms with Crippen LogP contribution >= 0.6 is 0 Å². The number of phenols is 1. The van der Waals surface area contributed by atoms with E-state index >= 15 is 0 Å². The molecule has 0 aliphatic rings. The van der Waals surface area contributed by atoms with Gasteiger partial charge in [0.15, 0.2) is 0 Å². The van der Waals surface area contributed by atoms with Gasteiger partial charge in [0.1, 0.15) is 29.3 Å². The highest BCUT2D eigenvalue weighted by Gasteiger charge is 2.13. The summed E-state index contributed by atoms with van der Waals surface area (Å²) in [6, 6.07) is 17.1. The van der Waals surface area contributed by atoms with Gasteiger partial charge in [-0.05, 0) is 42.8 Å². The largest absolute Gasteiger partial charge is 0.508 e. The predicted molar refractivity (Wildman–Crippen MR) is 106 cm³/mol. The topological polar surface area (TPSA) is 83.1 Å². The fraction of sp³-hybridized carbons (Fsp3) is 0.143. The van der Waals surface area contributed by atoms with Crippen molar-refractivity contribution in [2.75, 3.05) is 12.4 Å². The van der Waals surface area contributed by atoms with Crippen molar-refractivity contribution in [3.05, 3.63) is 66.5 Å². The van der Waals surface area contributed by atoms with E-state index < -0.39 is 0 Å². The fourth-order valence-electron chi connectivity index (χ4n) is 3.06. The van der Waals surface area contributed by atoms with Crippen LogP contribution in [0, 0.1) is 0 Å². The van der Waals surface area contributed by atoms with Crippen LogP contribution < -0.4 is 10.1 Å². The van der Waals surface area contributed by atoms with Gasteiger partial charge in [0.05, 0.1) is 12.5 Å². The molecule has 0 saturated carbocycles. The fourth-order valence-corrected chi connectivity index (χ4v) is 3.06. The van der Waals surface area contributed by atoms with Gasteiger partial charge in [0, 0.05) is 17.3 Å². The van der Waals surface area contributed by atoms with E-state index in [1.807, 2.05) is 42.5 Å². The van der Waals surface area contributed by atoms with Crippen LogP contribution in [0.25, 0.3) is 22.3 Å². The van der Waals surface area contributed by atoms with E-state index in [9.17, 15) is 5.11 Å². The molecule has 0 aliphatic heterocycles. The van der Waals surface area contributed by atoms with Gasteiger partial charge in [-0.15, -0.1) is 0 Å². The summed E-state index contributed by atoms with van der Waals surface area (Å²) >= 11 is 0. The summed E-state index contributed by atoms with van der Waals surface area (Å²) in [7, 11) is 1.66. The third kappa shape index (κ3) is 3.42. The molecular formula is C21H20N4O2. The number of nitrogens with one attached hydrogen (secondary N) is 2. The molecule has 0 aliphatic carbocycles. The lowest BCUT2D eigenvalue weighted by atomic mass is 10.1. The van der Waals surface area contributed by atoms with Gasteiger partial charge < -0.3 is 20.1 Å².